The van der Waals surface area contributed by atoms with E-state index in [0.29, 0.717) is 0 Å². The molecule has 0 unspecified atom stereocenters. The molecule has 1 saturated heterocycles. The smallest absolute Gasteiger partial charge is 0.213 e. The van der Waals surface area contributed by atoms with Crippen LogP contribution in [-0.2, 0) is 9.53 Å². The number of ketones is 1. The molecule has 1 aliphatic heterocycles. The number of ether oxygens (including phenoxy) is 1. The molecule has 1 fully saturated rings. The van der Waals surface area contributed by atoms with Crippen LogP contribution in [0.3, 0.4) is 0 Å². The summed E-state index contributed by atoms with van der Waals surface area (Å²) in [6, 6.07) is 0. The van der Waals surface area contributed by atoms with Crippen molar-refractivity contribution in [1.29, 1.82) is 1.43 Å². The molecular formula is C6H10O4. The van der Waals surface area contributed by atoms with Crippen LogP contribution in [0.25, 0.3) is 0 Å². The molecule has 0 amide bonds. The van der Waals surface area contributed by atoms with Crippen LogP contribution >= 0.6 is 0 Å². The van der Waals surface area contributed by atoms with Crippen molar-refractivity contribution in [2.24, 2.45) is 0 Å². The normalized spacial score (nSPS) is 43.2. The quantitative estimate of drug-likeness (QED) is 0.502. The molecule has 0 saturated carbocycles. The molecular weight excluding hydrogens is 136 g/mol. The molecule has 0 aromatic rings. The number of hydrogen-bond acceptors (Lipinski definition) is 4. The zero-order valence-corrected chi connectivity index (χ0v) is 5.61. The van der Waals surface area contributed by atoms with E-state index in [0.717, 1.165) is 0 Å². The van der Waals surface area contributed by atoms with Gasteiger partial charge in [-0.15, -0.1) is 0 Å². The Morgan fingerprint density at radius 1 is 1.90 bits per heavy atom. The molecule has 0 aromatic carbocycles. The lowest BCUT2D eigenvalue weighted by molar-refractivity contribution is -0.190. The average molecular weight is 148 g/mol. The molecule has 0 aromatic heterocycles. The Morgan fingerprint density at radius 2 is 2.60 bits per heavy atom. The zero-order chi connectivity index (χ0) is 8.43. The minimum Gasteiger partial charge on any atom is -0.385 e. The molecule has 10 heavy (non-hydrogen) atoms. The van der Waals surface area contributed by atoms with Gasteiger partial charge in [0.25, 0.3) is 0 Å². The van der Waals surface area contributed by atoms with Crippen LogP contribution in [0.2, 0.25) is 0 Å². The monoisotopic (exact) mass is 148 g/mol. The molecule has 58 valence electrons. The number of aliphatic hydroxyl groups excluding tert-OH is 2. The van der Waals surface area contributed by atoms with Crippen molar-refractivity contribution in [3.05, 3.63) is 0 Å². The first kappa shape index (κ1) is 6.27. The minimum atomic E-state index is -1.05. The van der Waals surface area contributed by atoms with Crippen LogP contribution in [0.4, 0.5) is 0 Å². The Labute approximate surface area is 59.9 Å². The van der Waals surface area contributed by atoms with Gasteiger partial charge < -0.3 is 15.0 Å². The van der Waals surface area contributed by atoms with Crippen molar-refractivity contribution in [3.63, 3.8) is 0 Å². The van der Waals surface area contributed by atoms with E-state index in [1.165, 1.54) is 6.92 Å². The van der Waals surface area contributed by atoms with Crippen LogP contribution < -0.4 is 0 Å². The highest BCUT2D eigenvalue weighted by atomic mass is 16.6. The molecule has 0 aliphatic carbocycles. The van der Waals surface area contributed by atoms with Crippen molar-refractivity contribution in [2.75, 3.05) is 0 Å². The highest BCUT2D eigenvalue weighted by Gasteiger charge is 2.32. The Balaban J connectivity index is 2.54. The van der Waals surface area contributed by atoms with Crippen molar-refractivity contribution in [1.82, 2.24) is 0 Å². The average Bonchev–Trinajstić information content (AvgIpc) is 1.99. The summed E-state index contributed by atoms with van der Waals surface area (Å²) in [5.41, 5.74) is 0. The second-order valence-corrected chi connectivity index (χ2v) is 2.36. The zero-order valence-electron chi connectivity index (χ0n) is 6.61. The lowest BCUT2D eigenvalue weighted by Gasteiger charge is -2.26. The van der Waals surface area contributed by atoms with Gasteiger partial charge in [-0.3, -0.25) is 4.79 Å². The third-order valence-electron chi connectivity index (χ3n) is 1.50. The van der Waals surface area contributed by atoms with Crippen LogP contribution in [-0.4, -0.2) is 35.9 Å². The molecule has 3 atom stereocenters. The lowest BCUT2D eigenvalue weighted by Crippen LogP contribution is -2.43. The molecule has 4 nitrogen and oxygen atoms in total. The van der Waals surface area contributed by atoms with E-state index >= 15 is 0 Å². The van der Waals surface area contributed by atoms with Crippen LogP contribution in [0.1, 0.15) is 13.3 Å². The summed E-state index contributed by atoms with van der Waals surface area (Å²) >= 11 is 0. The predicted molar refractivity (Wildman–Crippen MR) is 32.2 cm³/mol. The van der Waals surface area contributed by atoms with E-state index in [-0.39, 0.29) is 12.2 Å². The topological polar surface area (TPSA) is 66.8 Å². The van der Waals surface area contributed by atoms with Gasteiger partial charge in [0.05, 0.1) is 0 Å². The van der Waals surface area contributed by atoms with Crippen molar-refractivity contribution in [2.45, 2.75) is 31.8 Å². The summed E-state index contributed by atoms with van der Waals surface area (Å²) in [5.74, 6) is -0.349. The standard InChI is InChI=1S/C6H10O4/c1-3-6(9)4(7)2-5(8)10-3/h3-5,7-8H,2H2,1H3/t3-,4+,5-/m0/s1/i8T. The summed E-state index contributed by atoms with van der Waals surface area (Å²) in [5, 5.41) is 13.2. The number of aliphatic hydroxyl groups is 2. The molecule has 1 rings (SSSR count). The molecule has 1 heterocycles. The van der Waals surface area contributed by atoms with Gasteiger partial charge in [-0.25, -0.2) is 0 Å². The molecule has 2 N–H and O–H groups in total. The van der Waals surface area contributed by atoms with Gasteiger partial charge in [0.15, 0.2) is 12.1 Å². The maximum absolute atomic E-state index is 10.9. The van der Waals surface area contributed by atoms with Gasteiger partial charge in [0, 0.05) is 6.42 Å². The van der Waals surface area contributed by atoms with E-state index in [1.807, 2.05) is 0 Å². The number of rotatable bonds is 1. The Bertz CT molecular complexity index is 147. The number of Topliss-reactive ketones (excluding diaryl/α,β-unsaturated/α-hetero) is 1. The van der Waals surface area contributed by atoms with Gasteiger partial charge in [-0.05, 0) is 6.92 Å². The fraction of sp³-hybridized carbons (Fsp3) is 0.833. The summed E-state index contributed by atoms with van der Waals surface area (Å²) < 4.78 is 11.4. The van der Waals surface area contributed by atoms with E-state index in [1.54, 1.807) is 0 Å². The maximum atomic E-state index is 10.9. The first-order valence-electron chi connectivity index (χ1n) is 3.55. The predicted octanol–water partition coefficient (Wildman–Crippen LogP) is -0.956. The largest absolute Gasteiger partial charge is 0.385 e. The summed E-state index contributed by atoms with van der Waals surface area (Å²) in [6.07, 6.45) is -2.45. The third kappa shape index (κ3) is 1.34. The number of hydrogen-bond donors (Lipinski definition) is 2. The summed E-state index contributed by atoms with van der Waals surface area (Å²) in [6.45, 7) is 1.52. The first-order valence-corrected chi connectivity index (χ1v) is 3.14. The first-order chi connectivity index (χ1) is 5.15. The maximum Gasteiger partial charge on any atom is 0.213 e. The van der Waals surface area contributed by atoms with Crippen molar-refractivity contribution >= 4 is 5.78 Å². The van der Waals surface area contributed by atoms with E-state index < -0.39 is 18.5 Å². The second kappa shape index (κ2) is 2.65. The highest BCUT2D eigenvalue weighted by Crippen LogP contribution is 2.13. The Kier molecular flexibility index (Phi) is 1.66. The van der Waals surface area contributed by atoms with E-state index in [4.69, 9.17) is 11.3 Å². The lowest BCUT2D eigenvalue weighted by atomic mass is 10.1. The minimum absolute atomic E-state index is 0.0483. The second-order valence-electron chi connectivity index (χ2n) is 2.36. The van der Waals surface area contributed by atoms with Gasteiger partial charge in [-0.1, -0.05) is 0 Å². The molecule has 0 spiro atoms. The van der Waals surface area contributed by atoms with Gasteiger partial charge >= 0.3 is 0 Å². The van der Waals surface area contributed by atoms with Crippen LogP contribution in [0.15, 0.2) is 0 Å². The molecule has 1 aliphatic rings. The number of carbonyl (C=O) groups excluding carboxylic acids is 1. The SMILES string of the molecule is [3H]O[C@@H]1C[C@@H](O)C(=O)[C@H](C)O1. The third-order valence-corrected chi connectivity index (χ3v) is 1.50. The summed E-state index contributed by atoms with van der Waals surface area (Å²) in [7, 11) is 0. The molecule has 0 bridgehead atoms. The van der Waals surface area contributed by atoms with Crippen molar-refractivity contribution < 1.29 is 19.7 Å². The van der Waals surface area contributed by atoms with Gasteiger partial charge in [0.2, 0.25) is 1.43 Å². The van der Waals surface area contributed by atoms with E-state index in [2.05, 4.69) is 5.11 Å². The van der Waals surface area contributed by atoms with Gasteiger partial charge in [0.1, 0.15) is 12.2 Å². The highest BCUT2D eigenvalue weighted by molar-refractivity contribution is 5.87. The van der Waals surface area contributed by atoms with Crippen LogP contribution in [0, 0.1) is 0 Å². The fourth-order valence-electron chi connectivity index (χ4n) is 0.920. The van der Waals surface area contributed by atoms with Crippen LogP contribution in [0.5, 0.6) is 0 Å². The Morgan fingerprint density at radius 3 is 3.10 bits per heavy atom. The fourth-order valence-corrected chi connectivity index (χ4v) is 0.920. The molecule has 4 heteroatoms. The summed E-state index contributed by atoms with van der Waals surface area (Å²) in [4.78, 5) is 10.9. The van der Waals surface area contributed by atoms with Gasteiger partial charge in [-0.2, -0.15) is 0 Å². The van der Waals surface area contributed by atoms with E-state index in [9.17, 15) is 4.79 Å². The Hall–Kier alpha value is -0.450. The molecule has 0 radical (unpaired) electrons. The number of carbonyl (C=O) groups is 1. The van der Waals surface area contributed by atoms with Crippen molar-refractivity contribution in [3.8, 4) is 0 Å².